The zero-order valence-corrected chi connectivity index (χ0v) is 14.3. The van der Waals surface area contributed by atoms with E-state index in [9.17, 15) is 13.2 Å². The van der Waals surface area contributed by atoms with Crippen LogP contribution in [0, 0.1) is 0 Å². The molecule has 1 aliphatic rings. The Morgan fingerprint density at radius 2 is 1.96 bits per heavy atom. The number of fused-ring (bicyclic) bond motifs is 1. The number of amides is 1. The van der Waals surface area contributed by atoms with Crippen molar-refractivity contribution in [1.29, 1.82) is 0 Å². The van der Waals surface area contributed by atoms with E-state index in [1.165, 1.54) is 22.3 Å². The van der Waals surface area contributed by atoms with Crippen LogP contribution < -0.4 is 0 Å². The molecule has 0 N–H and O–H groups in total. The van der Waals surface area contributed by atoms with Crippen molar-refractivity contribution in [1.82, 2.24) is 14.2 Å². The number of hydrogen-bond donors (Lipinski definition) is 0. The first-order valence-electron chi connectivity index (χ1n) is 7.15. The molecule has 0 atom stereocenters. The van der Waals surface area contributed by atoms with Crippen molar-refractivity contribution in [2.24, 2.45) is 0 Å². The van der Waals surface area contributed by atoms with Gasteiger partial charge < -0.3 is 9.32 Å². The van der Waals surface area contributed by atoms with Gasteiger partial charge in [-0.05, 0) is 12.1 Å². The SMILES string of the molecule is CS(=O)(=O)N1CCN(C(=O)CSc2nc3ccccc3o2)CC1. The predicted octanol–water partition coefficient (Wildman–Crippen LogP) is 1.02. The Morgan fingerprint density at radius 3 is 2.61 bits per heavy atom. The molecule has 0 spiro atoms. The van der Waals surface area contributed by atoms with E-state index in [4.69, 9.17) is 4.42 Å². The quantitative estimate of drug-likeness (QED) is 0.762. The number of benzene rings is 1. The van der Waals surface area contributed by atoms with Crippen LogP contribution in [0.2, 0.25) is 0 Å². The molecule has 1 amide bonds. The molecule has 0 aliphatic carbocycles. The van der Waals surface area contributed by atoms with Gasteiger partial charge in [-0.25, -0.2) is 13.4 Å². The molecule has 1 fully saturated rings. The number of oxazole rings is 1. The lowest BCUT2D eigenvalue weighted by Crippen LogP contribution is -2.50. The highest BCUT2D eigenvalue weighted by atomic mass is 32.2. The summed E-state index contributed by atoms with van der Waals surface area (Å²) in [6, 6.07) is 7.44. The van der Waals surface area contributed by atoms with Gasteiger partial charge in [0.1, 0.15) is 5.52 Å². The normalized spacial score (nSPS) is 16.8. The van der Waals surface area contributed by atoms with Crippen LogP contribution in [0.1, 0.15) is 0 Å². The Hall–Kier alpha value is -1.58. The van der Waals surface area contributed by atoms with E-state index in [-0.39, 0.29) is 11.7 Å². The van der Waals surface area contributed by atoms with E-state index in [0.717, 1.165) is 5.52 Å². The number of carbonyl (C=O) groups excluding carboxylic acids is 1. The van der Waals surface area contributed by atoms with E-state index in [0.29, 0.717) is 37.0 Å². The van der Waals surface area contributed by atoms with Crippen LogP contribution in [-0.2, 0) is 14.8 Å². The zero-order chi connectivity index (χ0) is 16.4. The monoisotopic (exact) mass is 355 g/mol. The van der Waals surface area contributed by atoms with Crippen molar-refractivity contribution in [2.75, 3.05) is 38.2 Å². The van der Waals surface area contributed by atoms with Crippen molar-refractivity contribution in [3.63, 3.8) is 0 Å². The summed E-state index contributed by atoms with van der Waals surface area (Å²) in [6.45, 7) is 1.52. The van der Waals surface area contributed by atoms with Crippen molar-refractivity contribution in [3.8, 4) is 0 Å². The summed E-state index contributed by atoms with van der Waals surface area (Å²) in [5.41, 5.74) is 1.47. The molecule has 0 unspecified atom stereocenters. The summed E-state index contributed by atoms with van der Waals surface area (Å²) in [6.07, 6.45) is 1.19. The van der Waals surface area contributed by atoms with Gasteiger partial charge in [0.15, 0.2) is 5.58 Å². The third-order valence-corrected chi connectivity index (χ3v) is 5.77. The Kier molecular flexibility index (Phi) is 4.60. The molecule has 2 aromatic rings. The van der Waals surface area contributed by atoms with Crippen LogP contribution in [0.25, 0.3) is 11.1 Å². The number of rotatable bonds is 4. The molecule has 3 rings (SSSR count). The molecule has 1 aromatic carbocycles. The van der Waals surface area contributed by atoms with E-state index < -0.39 is 10.0 Å². The van der Waals surface area contributed by atoms with Gasteiger partial charge >= 0.3 is 0 Å². The van der Waals surface area contributed by atoms with Gasteiger partial charge in [-0.3, -0.25) is 4.79 Å². The largest absolute Gasteiger partial charge is 0.431 e. The predicted molar refractivity (Wildman–Crippen MR) is 87.7 cm³/mol. The molecule has 0 radical (unpaired) electrons. The van der Waals surface area contributed by atoms with Gasteiger partial charge in [0.25, 0.3) is 5.22 Å². The maximum Gasteiger partial charge on any atom is 0.257 e. The number of sulfonamides is 1. The van der Waals surface area contributed by atoms with Gasteiger partial charge in [0.2, 0.25) is 15.9 Å². The first kappa shape index (κ1) is 16.3. The van der Waals surface area contributed by atoms with Crippen LogP contribution >= 0.6 is 11.8 Å². The molecule has 1 aliphatic heterocycles. The highest BCUT2D eigenvalue weighted by Crippen LogP contribution is 2.23. The number of thioether (sulfide) groups is 1. The molecule has 7 nitrogen and oxygen atoms in total. The Labute approximate surface area is 138 Å². The van der Waals surface area contributed by atoms with E-state index in [1.807, 2.05) is 24.3 Å². The zero-order valence-electron chi connectivity index (χ0n) is 12.6. The van der Waals surface area contributed by atoms with Crippen molar-refractivity contribution in [2.45, 2.75) is 5.22 Å². The van der Waals surface area contributed by atoms with Gasteiger partial charge in [-0.2, -0.15) is 4.31 Å². The number of hydrogen-bond acceptors (Lipinski definition) is 6. The minimum absolute atomic E-state index is 0.0367. The number of carbonyl (C=O) groups is 1. The molecule has 2 heterocycles. The Morgan fingerprint density at radius 1 is 1.26 bits per heavy atom. The van der Waals surface area contributed by atoms with E-state index in [1.54, 1.807) is 4.90 Å². The minimum atomic E-state index is -3.18. The number of aromatic nitrogens is 1. The average molecular weight is 355 g/mol. The van der Waals surface area contributed by atoms with Crippen LogP contribution in [0.5, 0.6) is 0 Å². The topological polar surface area (TPSA) is 83.7 Å². The van der Waals surface area contributed by atoms with Gasteiger partial charge in [0, 0.05) is 26.2 Å². The van der Waals surface area contributed by atoms with E-state index >= 15 is 0 Å². The van der Waals surface area contributed by atoms with Gasteiger partial charge in [0.05, 0.1) is 12.0 Å². The summed E-state index contributed by atoms with van der Waals surface area (Å²) in [5, 5.41) is 0.467. The molecule has 23 heavy (non-hydrogen) atoms. The van der Waals surface area contributed by atoms with Gasteiger partial charge in [-0.1, -0.05) is 23.9 Å². The molecule has 9 heteroatoms. The maximum absolute atomic E-state index is 12.2. The standard InChI is InChI=1S/C14H17N3O4S2/c1-23(19,20)17-8-6-16(7-9-17)13(18)10-22-14-15-11-4-2-3-5-12(11)21-14/h2-5H,6-10H2,1H3. The molecule has 1 saturated heterocycles. The van der Waals surface area contributed by atoms with Gasteiger partial charge in [-0.15, -0.1) is 0 Å². The number of piperazine rings is 1. The smallest absolute Gasteiger partial charge is 0.257 e. The fraction of sp³-hybridized carbons (Fsp3) is 0.429. The molecule has 0 bridgehead atoms. The highest BCUT2D eigenvalue weighted by molar-refractivity contribution is 7.99. The number of para-hydroxylation sites is 2. The third-order valence-electron chi connectivity index (χ3n) is 3.65. The molecule has 124 valence electrons. The molecular formula is C14H17N3O4S2. The Balaban J connectivity index is 1.54. The van der Waals surface area contributed by atoms with Crippen molar-refractivity contribution < 1.29 is 17.6 Å². The summed E-state index contributed by atoms with van der Waals surface area (Å²) in [4.78, 5) is 18.2. The summed E-state index contributed by atoms with van der Waals surface area (Å²) in [7, 11) is -3.18. The average Bonchev–Trinajstić information content (AvgIpc) is 2.95. The third kappa shape index (κ3) is 3.85. The second-order valence-corrected chi connectivity index (χ2v) is 8.19. The molecular weight excluding hydrogens is 338 g/mol. The Bertz CT molecular complexity index is 777. The van der Waals surface area contributed by atoms with Crippen LogP contribution in [0.4, 0.5) is 0 Å². The van der Waals surface area contributed by atoms with Crippen LogP contribution in [0.15, 0.2) is 33.9 Å². The fourth-order valence-electron chi connectivity index (χ4n) is 2.40. The lowest BCUT2D eigenvalue weighted by molar-refractivity contribution is -0.129. The first-order valence-corrected chi connectivity index (χ1v) is 9.98. The second kappa shape index (κ2) is 6.50. The molecule has 0 saturated carbocycles. The first-order chi connectivity index (χ1) is 10.9. The highest BCUT2D eigenvalue weighted by Gasteiger charge is 2.26. The lowest BCUT2D eigenvalue weighted by Gasteiger charge is -2.33. The fourth-order valence-corrected chi connectivity index (χ4v) is 3.96. The molecule has 1 aromatic heterocycles. The van der Waals surface area contributed by atoms with Crippen LogP contribution in [0.3, 0.4) is 0 Å². The summed E-state index contributed by atoms with van der Waals surface area (Å²) >= 11 is 1.25. The van der Waals surface area contributed by atoms with E-state index in [2.05, 4.69) is 4.98 Å². The van der Waals surface area contributed by atoms with Crippen molar-refractivity contribution >= 4 is 38.8 Å². The maximum atomic E-state index is 12.2. The number of nitrogens with zero attached hydrogens (tertiary/aromatic N) is 3. The lowest BCUT2D eigenvalue weighted by atomic mass is 10.3. The second-order valence-electron chi connectivity index (χ2n) is 5.28. The minimum Gasteiger partial charge on any atom is -0.431 e. The van der Waals surface area contributed by atoms with Crippen molar-refractivity contribution in [3.05, 3.63) is 24.3 Å². The van der Waals surface area contributed by atoms with Crippen LogP contribution in [-0.4, -0.2) is 66.7 Å². The summed E-state index contributed by atoms with van der Waals surface area (Å²) < 4.78 is 29.9. The summed E-state index contributed by atoms with van der Waals surface area (Å²) in [5.74, 6) is 0.191.